The Hall–Kier alpha value is -1.36. The third-order valence-corrected chi connectivity index (χ3v) is 4.36. The molecule has 1 N–H and O–H groups in total. The van der Waals surface area contributed by atoms with Crippen LogP contribution < -0.4 is 10.2 Å². The van der Waals surface area contributed by atoms with Crippen LogP contribution >= 0.6 is 15.9 Å². The highest BCUT2D eigenvalue weighted by molar-refractivity contribution is 9.10. The molecule has 1 unspecified atom stereocenters. The molecule has 1 fully saturated rings. The number of anilines is 1. The maximum absolute atomic E-state index is 12.6. The summed E-state index contributed by atoms with van der Waals surface area (Å²) in [7, 11) is 0. The Morgan fingerprint density at radius 2 is 2.15 bits per heavy atom. The Bertz CT molecular complexity index is 531. The molecule has 1 atom stereocenters. The summed E-state index contributed by atoms with van der Waals surface area (Å²) in [6, 6.07) is 5.43. The number of carbonyl (C=O) groups is 2. The lowest BCUT2D eigenvalue weighted by Crippen LogP contribution is -2.44. The Balaban J connectivity index is 2.30. The molecule has 0 aliphatic carbocycles. The van der Waals surface area contributed by atoms with Crippen LogP contribution in [0.5, 0.6) is 0 Å². The molecule has 0 aromatic heterocycles. The van der Waals surface area contributed by atoms with Gasteiger partial charge in [0.2, 0.25) is 11.8 Å². The van der Waals surface area contributed by atoms with Crippen LogP contribution in [0.25, 0.3) is 0 Å². The maximum atomic E-state index is 12.6. The second-order valence-corrected chi connectivity index (χ2v) is 5.94. The lowest BCUT2D eigenvalue weighted by Gasteiger charge is -2.24. The molecule has 0 spiro atoms. The van der Waals surface area contributed by atoms with Gasteiger partial charge in [-0.2, -0.15) is 0 Å². The fourth-order valence-electron chi connectivity index (χ4n) is 2.33. The van der Waals surface area contributed by atoms with E-state index in [1.54, 1.807) is 4.90 Å². The minimum absolute atomic E-state index is 0.0200. The molecule has 0 radical (unpaired) electrons. The SMILES string of the molecule is CCCC1NC(=O)CCN(c2ccc(C)c(Br)c2)C1=O. The van der Waals surface area contributed by atoms with Crippen molar-refractivity contribution in [3.63, 3.8) is 0 Å². The van der Waals surface area contributed by atoms with Crippen LogP contribution in [0.3, 0.4) is 0 Å². The fraction of sp³-hybridized carbons (Fsp3) is 0.467. The van der Waals surface area contributed by atoms with E-state index in [1.165, 1.54) is 0 Å². The van der Waals surface area contributed by atoms with Crippen LogP contribution in [0.4, 0.5) is 5.69 Å². The summed E-state index contributed by atoms with van der Waals surface area (Å²) in [6.07, 6.45) is 1.88. The second kappa shape index (κ2) is 6.39. The molecule has 1 aliphatic rings. The zero-order valence-corrected chi connectivity index (χ0v) is 13.4. The Morgan fingerprint density at radius 3 is 2.80 bits per heavy atom. The second-order valence-electron chi connectivity index (χ2n) is 5.08. The largest absolute Gasteiger partial charge is 0.344 e. The standard InChI is InChI=1S/C15H19BrN2O2/c1-3-4-13-15(20)18(8-7-14(19)17-13)11-6-5-10(2)12(16)9-11/h5-6,9,13H,3-4,7-8H2,1-2H3,(H,17,19). The Morgan fingerprint density at radius 1 is 1.40 bits per heavy atom. The van der Waals surface area contributed by atoms with Gasteiger partial charge >= 0.3 is 0 Å². The van der Waals surface area contributed by atoms with E-state index < -0.39 is 6.04 Å². The predicted octanol–water partition coefficient (Wildman–Crippen LogP) is 2.78. The van der Waals surface area contributed by atoms with E-state index in [0.717, 1.165) is 22.1 Å². The summed E-state index contributed by atoms with van der Waals surface area (Å²) >= 11 is 3.49. The van der Waals surface area contributed by atoms with E-state index in [9.17, 15) is 9.59 Å². The van der Waals surface area contributed by atoms with Gasteiger partial charge in [0, 0.05) is 23.1 Å². The summed E-state index contributed by atoms with van der Waals surface area (Å²) in [4.78, 5) is 26.0. The van der Waals surface area contributed by atoms with E-state index in [2.05, 4.69) is 21.2 Å². The van der Waals surface area contributed by atoms with Crippen LogP contribution in [-0.4, -0.2) is 24.4 Å². The molecule has 1 aliphatic heterocycles. The molecule has 20 heavy (non-hydrogen) atoms. The predicted molar refractivity (Wildman–Crippen MR) is 82.7 cm³/mol. The van der Waals surface area contributed by atoms with Crippen molar-refractivity contribution in [2.24, 2.45) is 0 Å². The van der Waals surface area contributed by atoms with Crippen molar-refractivity contribution in [3.05, 3.63) is 28.2 Å². The van der Waals surface area contributed by atoms with Gasteiger partial charge in [-0.3, -0.25) is 9.59 Å². The van der Waals surface area contributed by atoms with Gasteiger partial charge in [-0.05, 0) is 31.0 Å². The van der Waals surface area contributed by atoms with E-state index in [1.807, 2.05) is 32.0 Å². The summed E-state index contributed by atoms with van der Waals surface area (Å²) in [5.74, 6) is -0.0704. The van der Waals surface area contributed by atoms with Crippen LogP contribution in [0.15, 0.2) is 22.7 Å². The van der Waals surface area contributed by atoms with Crippen LogP contribution in [-0.2, 0) is 9.59 Å². The van der Waals surface area contributed by atoms with Gasteiger partial charge in [-0.1, -0.05) is 35.3 Å². The number of nitrogens with one attached hydrogen (secondary N) is 1. The first-order chi connectivity index (χ1) is 9.52. The van der Waals surface area contributed by atoms with Crippen LogP contribution in [0.1, 0.15) is 31.7 Å². The zero-order valence-electron chi connectivity index (χ0n) is 11.8. The number of amides is 2. The zero-order chi connectivity index (χ0) is 14.7. The van der Waals surface area contributed by atoms with Gasteiger partial charge in [0.05, 0.1) is 0 Å². The van der Waals surface area contributed by atoms with Crippen molar-refractivity contribution in [2.45, 2.75) is 39.2 Å². The van der Waals surface area contributed by atoms with Gasteiger partial charge < -0.3 is 10.2 Å². The highest BCUT2D eigenvalue weighted by Crippen LogP contribution is 2.25. The molecule has 1 aromatic rings. The van der Waals surface area contributed by atoms with Gasteiger partial charge in [0.25, 0.3) is 0 Å². The molecular formula is C15H19BrN2O2. The van der Waals surface area contributed by atoms with E-state index in [4.69, 9.17) is 0 Å². The van der Waals surface area contributed by atoms with E-state index in [0.29, 0.717) is 19.4 Å². The van der Waals surface area contributed by atoms with E-state index in [-0.39, 0.29) is 11.8 Å². The molecule has 2 rings (SSSR count). The highest BCUT2D eigenvalue weighted by Gasteiger charge is 2.30. The lowest BCUT2D eigenvalue weighted by molar-refractivity contribution is -0.125. The van der Waals surface area contributed by atoms with E-state index >= 15 is 0 Å². The molecule has 108 valence electrons. The minimum atomic E-state index is -0.407. The summed E-state index contributed by atoms with van der Waals surface area (Å²) in [6.45, 7) is 4.45. The average Bonchev–Trinajstić information content (AvgIpc) is 2.54. The number of carbonyl (C=O) groups excluding carboxylic acids is 2. The summed E-state index contributed by atoms with van der Waals surface area (Å²) in [5, 5.41) is 2.81. The Labute approximate surface area is 127 Å². The number of halogens is 1. The van der Waals surface area contributed by atoms with Crippen molar-refractivity contribution >= 4 is 33.4 Å². The first-order valence-corrected chi connectivity index (χ1v) is 7.69. The first-order valence-electron chi connectivity index (χ1n) is 6.89. The van der Waals surface area contributed by atoms with Crippen LogP contribution in [0.2, 0.25) is 0 Å². The highest BCUT2D eigenvalue weighted by atomic mass is 79.9. The van der Waals surface area contributed by atoms with Gasteiger partial charge in [0.1, 0.15) is 6.04 Å². The Kier molecular flexibility index (Phi) is 4.81. The first kappa shape index (κ1) is 15.0. The van der Waals surface area contributed by atoms with Crippen molar-refractivity contribution in [2.75, 3.05) is 11.4 Å². The molecule has 2 amide bonds. The number of hydrogen-bond acceptors (Lipinski definition) is 2. The topological polar surface area (TPSA) is 49.4 Å². The number of rotatable bonds is 3. The number of benzene rings is 1. The fourth-order valence-corrected chi connectivity index (χ4v) is 2.70. The number of aryl methyl sites for hydroxylation is 1. The molecule has 0 bridgehead atoms. The maximum Gasteiger partial charge on any atom is 0.249 e. The van der Waals surface area contributed by atoms with Crippen molar-refractivity contribution in [1.29, 1.82) is 0 Å². The third-order valence-electron chi connectivity index (χ3n) is 3.51. The van der Waals surface area contributed by atoms with Crippen LogP contribution in [0, 0.1) is 6.92 Å². The smallest absolute Gasteiger partial charge is 0.249 e. The third kappa shape index (κ3) is 3.20. The van der Waals surface area contributed by atoms with Gasteiger partial charge in [0.15, 0.2) is 0 Å². The number of nitrogens with zero attached hydrogens (tertiary/aromatic N) is 1. The molecule has 5 heteroatoms. The van der Waals surface area contributed by atoms with Gasteiger partial charge in [-0.25, -0.2) is 0 Å². The molecule has 0 saturated carbocycles. The average molecular weight is 339 g/mol. The minimum Gasteiger partial charge on any atom is -0.344 e. The van der Waals surface area contributed by atoms with Crippen molar-refractivity contribution in [3.8, 4) is 0 Å². The van der Waals surface area contributed by atoms with Crippen molar-refractivity contribution in [1.82, 2.24) is 5.32 Å². The summed E-state index contributed by atoms with van der Waals surface area (Å²) < 4.78 is 0.971. The summed E-state index contributed by atoms with van der Waals surface area (Å²) in [5.41, 5.74) is 1.96. The molecular weight excluding hydrogens is 320 g/mol. The molecule has 1 aromatic carbocycles. The van der Waals surface area contributed by atoms with Gasteiger partial charge in [-0.15, -0.1) is 0 Å². The molecule has 1 saturated heterocycles. The normalized spacial score (nSPS) is 19.8. The molecule has 1 heterocycles. The quantitative estimate of drug-likeness (QED) is 0.921. The monoisotopic (exact) mass is 338 g/mol. The molecule has 4 nitrogen and oxygen atoms in total. The lowest BCUT2D eigenvalue weighted by atomic mass is 10.1. The number of hydrogen-bond donors (Lipinski definition) is 1. The van der Waals surface area contributed by atoms with Crippen molar-refractivity contribution < 1.29 is 9.59 Å².